The molecule has 4 atom stereocenters. The number of hydrogen-bond acceptors (Lipinski definition) is 3. The van der Waals surface area contributed by atoms with Gasteiger partial charge >= 0.3 is 5.97 Å². The number of anilines is 1. The molecule has 0 radical (unpaired) electrons. The highest BCUT2D eigenvalue weighted by Crippen LogP contribution is 2.58. The number of carbonyl (C=O) groups excluding carboxylic acids is 2. The van der Waals surface area contributed by atoms with Crippen molar-refractivity contribution in [1.82, 2.24) is 0 Å². The SMILES string of the molecule is O=C(O)c1ccc(N2C(=O)[C@@H]3[C@@H](C2=O)[C@H]2C=C[C@@H]3C2=C(c2ccccc2)c2ccccc2)cc1. The maximum atomic E-state index is 13.6. The smallest absolute Gasteiger partial charge is 0.335 e. The number of carbonyl (C=O) groups is 3. The number of nitrogens with zero attached hydrogens (tertiary/aromatic N) is 1. The number of allylic oxidation sites excluding steroid dienone is 3. The predicted octanol–water partition coefficient (Wildman–Crippen LogP) is 4.81. The molecule has 1 saturated heterocycles. The van der Waals surface area contributed by atoms with Gasteiger partial charge in [-0.1, -0.05) is 72.8 Å². The summed E-state index contributed by atoms with van der Waals surface area (Å²) in [4.78, 5) is 39.6. The van der Waals surface area contributed by atoms with Crippen molar-refractivity contribution in [2.75, 3.05) is 4.90 Å². The van der Waals surface area contributed by atoms with Gasteiger partial charge in [0, 0.05) is 11.8 Å². The van der Waals surface area contributed by atoms with Gasteiger partial charge in [0.1, 0.15) is 0 Å². The third-order valence-corrected chi connectivity index (χ3v) is 7.20. The van der Waals surface area contributed by atoms with Crippen molar-refractivity contribution in [2.24, 2.45) is 23.7 Å². The van der Waals surface area contributed by atoms with E-state index in [1.807, 2.05) is 36.4 Å². The zero-order valence-corrected chi connectivity index (χ0v) is 18.2. The van der Waals surface area contributed by atoms with Crippen LogP contribution in [0.2, 0.25) is 0 Å². The summed E-state index contributed by atoms with van der Waals surface area (Å²) >= 11 is 0. The maximum Gasteiger partial charge on any atom is 0.335 e. The Hall–Kier alpha value is -4.25. The molecule has 5 nitrogen and oxygen atoms in total. The lowest BCUT2D eigenvalue weighted by Gasteiger charge is -2.21. The molecule has 1 saturated carbocycles. The monoisotopic (exact) mass is 447 g/mol. The van der Waals surface area contributed by atoms with Gasteiger partial charge in [-0.05, 0) is 46.5 Å². The minimum atomic E-state index is -1.05. The van der Waals surface area contributed by atoms with E-state index in [9.17, 15) is 14.4 Å². The first-order chi connectivity index (χ1) is 16.6. The molecule has 1 N–H and O–H groups in total. The molecule has 0 spiro atoms. The molecule has 2 fully saturated rings. The fourth-order valence-electron chi connectivity index (χ4n) is 5.81. The Morgan fingerprint density at radius 3 is 1.56 bits per heavy atom. The van der Waals surface area contributed by atoms with Gasteiger partial charge in [-0.3, -0.25) is 9.59 Å². The molecular weight excluding hydrogens is 426 g/mol. The third-order valence-electron chi connectivity index (χ3n) is 7.20. The molecule has 3 aromatic carbocycles. The van der Waals surface area contributed by atoms with Gasteiger partial charge in [-0.2, -0.15) is 0 Å². The van der Waals surface area contributed by atoms with Crippen molar-refractivity contribution in [2.45, 2.75) is 0 Å². The first kappa shape index (κ1) is 20.4. The highest BCUT2D eigenvalue weighted by Gasteiger charge is 2.62. The molecule has 2 amide bonds. The van der Waals surface area contributed by atoms with Gasteiger partial charge in [0.15, 0.2) is 0 Å². The topological polar surface area (TPSA) is 74.7 Å². The molecule has 1 heterocycles. The Morgan fingerprint density at radius 2 is 1.12 bits per heavy atom. The van der Waals surface area contributed by atoms with Crippen LogP contribution in [0.1, 0.15) is 21.5 Å². The Labute approximate surface area is 196 Å². The fraction of sp³-hybridized carbons (Fsp3) is 0.138. The molecule has 3 aromatic rings. The maximum absolute atomic E-state index is 13.6. The van der Waals surface area contributed by atoms with Gasteiger partial charge in [-0.15, -0.1) is 0 Å². The van der Waals surface area contributed by atoms with E-state index in [1.54, 1.807) is 0 Å². The minimum Gasteiger partial charge on any atom is -0.478 e. The number of imide groups is 1. The Bertz CT molecular complexity index is 1300. The lowest BCUT2D eigenvalue weighted by atomic mass is 9.85. The number of rotatable bonds is 4. The molecule has 2 bridgehead atoms. The molecule has 1 aliphatic heterocycles. The first-order valence-electron chi connectivity index (χ1n) is 11.3. The summed E-state index contributed by atoms with van der Waals surface area (Å²) in [6.45, 7) is 0. The zero-order chi connectivity index (χ0) is 23.4. The van der Waals surface area contributed by atoms with Gasteiger partial charge in [0.25, 0.3) is 0 Å². The molecule has 0 unspecified atom stereocenters. The van der Waals surface area contributed by atoms with Crippen LogP contribution in [0.4, 0.5) is 5.69 Å². The van der Waals surface area contributed by atoms with Crippen LogP contribution in [0.3, 0.4) is 0 Å². The van der Waals surface area contributed by atoms with Crippen LogP contribution in [-0.2, 0) is 9.59 Å². The van der Waals surface area contributed by atoms with Crippen molar-refractivity contribution >= 4 is 29.0 Å². The van der Waals surface area contributed by atoms with E-state index in [1.165, 1.54) is 29.2 Å². The summed E-state index contributed by atoms with van der Waals surface area (Å²) in [5.74, 6) is -2.66. The molecule has 3 aliphatic rings. The number of fused-ring (bicyclic) bond motifs is 5. The second-order valence-corrected chi connectivity index (χ2v) is 8.91. The second-order valence-electron chi connectivity index (χ2n) is 8.91. The average Bonchev–Trinajstić information content (AvgIpc) is 3.50. The molecule has 34 heavy (non-hydrogen) atoms. The lowest BCUT2D eigenvalue weighted by Crippen LogP contribution is -2.33. The Balaban J connectivity index is 1.44. The lowest BCUT2D eigenvalue weighted by molar-refractivity contribution is -0.122. The van der Waals surface area contributed by atoms with Crippen LogP contribution in [0.5, 0.6) is 0 Å². The van der Waals surface area contributed by atoms with Crippen molar-refractivity contribution in [3.05, 3.63) is 119 Å². The highest BCUT2D eigenvalue weighted by atomic mass is 16.4. The molecular formula is C29H21NO4. The first-order valence-corrected chi connectivity index (χ1v) is 11.3. The number of carboxylic acid groups (broad SMARTS) is 1. The largest absolute Gasteiger partial charge is 0.478 e. The van der Waals surface area contributed by atoms with Gasteiger partial charge in [0.2, 0.25) is 11.8 Å². The minimum absolute atomic E-state index is 0.116. The van der Waals surface area contributed by atoms with Crippen molar-refractivity contribution in [1.29, 1.82) is 0 Å². The second kappa shape index (κ2) is 7.66. The molecule has 5 heteroatoms. The van der Waals surface area contributed by atoms with Gasteiger partial charge in [-0.25, -0.2) is 9.69 Å². The normalized spacial score (nSPS) is 24.6. The molecule has 166 valence electrons. The van der Waals surface area contributed by atoms with E-state index in [0.29, 0.717) is 5.69 Å². The summed E-state index contributed by atoms with van der Waals surface area (Å²) in [6.07, 6.45) is 4.16. The fourth-order valence-corrected chi connectivity index (χ4v) is 5.81. The average molecular weight is 447 g/mol. The Morgan fingerprint density at radius 1 is 0.647 bits per heavy atom. The van der Waals surface area contributed by atoms with Crippen LogP contribution in [0.15, 0.2) is 103 Å². The van der Waals surface area contributed by atoms with Gasteiger partial charge in [0.05, 0.1) is 23.1 Å². The standard InChI is InChI=1S/C29H21NO4/c31-27-25-21-15-16-22(26(25)28(32)30(27)20-13-11-19(12-14-20)29(33)34)24(21)23(17-7-3-1-4-8-17)18-9-5-2-6-10-18/h1-16,21-22,25-26H,(H,33,34)/t21-,22+,25-,26-/m0/s1. The van der Waals surface area contributed by atoms with Gasteiger partial charge < -0.3 is 5.11 Å². The summed E-state index contributed by atoms with van der Waals surface area (Å²) in [5, 5.41) is 9.16. The number of amides is 2. The van der Waals surface area contributed by atoms with Crippen molar-refractivity contribution in [3.8, 4) is 0 Å². The highest BCUT2D eigenvalue weighted by molar-refractivity contribution is 6.23. The number of aromatic carboxylic acids is 1. The van der Waals surface area contributed by atoms with Crippen LogP contribution in [-0.4, -0.2) is 22.9 Å². The quantitative estimate of drug-likeness (QED) is 0.460. The molecule has 0 aromatic heterocycles. The Kier molecular flexibility index (Phi) is 4.59. The predicted molar refractivity (Wildman–Crippen MR) is 128 cm³/mol. The summed E-state index contributed by atoms with van der Waals surface area (Å²) in [5.41, 5.74) is 4.91. The van der Waals surface area contributed by atoms with E-state index in [-0.39, 0.29) is 29.2 Å². The summed E-state index contributed by atoms with van der Waals surface area (Å²) < 4.78 is 0. The van der Waals surface area contributed by atoms with E-state index in [2.05, 4.69) is 36.4 Å². The van der Waals surface area contributed by atoms with Crippen molar-refractivity contribution in [3.63, 3.8) is 0 Å². The zero-order valence-electron chi connectivity index (χ0n) is 18.2. The van der Waals surface area contributed by atoms with Crippen LogP contribution in [0, 0.1) is 23.7 Å². The van der Waals surface area contributed by atoms with E-state index < -0.39 is 17.8 Å². The molecule has 6 rings (SSSR count). The van der Waals surface area contributed by atoms with Crippen molar-refractivity contribution < 1.29 is 19.5 Å². The van der Waals surface area contributed by atoms with Crippen LogP contribution >= 0.6 is 0 Å². The number of benzene rings is 3. The van der Waals surface area contributed by atoms with E-state index in [4.69, 9.17) is 5.11 Å². The number of carboxylic acids is 1. The third kappa shape index (κ3) is 2.90. The van der Waals surface area contributed by atoms with E-state index in [0.717, 1.165) is 22.3 Å². The van der Waals surface area contributed by atoms with Crippen LogP contribution < -0.4 is 4.90 Å². The molecule has 2 aliphatic carbocycles. The van der Waals surface area contributed by atoms with E-state index >= 15 is 0 Å². The number of hydrogen-bond donors (Lipinski definition) is 1. The summed E-state index contributed by atoms with van der Waals surface area (Å²) in [6, 6.07) is 26.2. The van der Waals surface area contributed by atoms with Crippen LogP contribution in [0.25, 0.3) is 5.57 Å². The summed E-state index contributed by atoms with van der Waals surface area (Å²) in [7, 11) is 0.